The van der Waals surface area contributed by atoms with Gasteiger partial charge in [0.2, 0.25) is 0 Å². The minimum absolute atomic E-state index is 0. The molecule has 1 saturated heterocycles. The van der Waals surface area contributed by atoms with Crippen molar-refractivity contribution in [3.8, 4) is 0 Å². The molecule has 0 N–H and O–H groups in total. The van der Waals surface area contributed by atoms with E-state index in [-0.39, 0.29) is 12.4 Å². The Balaban J connectivity index is 0.00000121. The van der Waals surface area contributed by atoms with Crippen molar-refractivity contribution in [2.75, 3.05) is 19.6 Å². The molecule has 1 aliphatic heterocycles. The maximum atomic E-state index is 10.6. The molecule has 0 saturated carbocycles. The number of carbonyl (C=O) groups excluding carboxylic acids is 1. The Bertz CT molecular complexity index is 132. The van der Waals surface area contributed by atoms with E-state index in [1.165, 1.54) is 25.9 Å². The van der Waals surface area contributed by atoms with E-state index in [0.717, 1.165) is 19.4 Å². The molecular weight excluding hydrogens is 174 g/mol. The zero-order valence-electron chi connectivity index (χ0n) is 7.71. The second-order valence-corrected chi connectivity index (χ2v) is 3.35. The van der Waals surface area contributed by atoms with Crippen molar-refractivity contribution in [3.63, 3.8) is 0 Å². The van der Waals surface area contributed by atoms with Crippen molar-refractivity contribution in [2.24, 2.45) is 0 Å². The normalized spacial score (nSPS) is 17.4. The summed E-state index contributed by atoms with van der Waals surface area (Å²) in [5.74, 6) is 0.323. The second kappa shape index (κ2) is 6.44. The minimum atomic E-state index is 0. The van der Waals surface area contributed by atoms with Crippen LogP contribution in [0, 0.1) is 0 Å². The van der Waals surface area contributed by atoms with Crippen molar-refractivity contribution >= 4 is 18.2 Å². The van der Waals surface area contributed by atoms with Crippen LogP contribution in [-0.4, -0.2) is 30.3 Å². The molecule has 1 rings (SSSR count). The maximum Gasteiger partial charge on any atom is 0.129 e. The van der Waals surface area contributed by atoms with Crippen LogP contribution >= 0.6 is 12.4 Å². The molecule has 0 bridgehead atoms. The molecule has 0 atom stereocenters. The molecule has 12 heavy (non-hydrogen) atoms. The van der Waals surface area contributed by atoms with Crippen molar-refractivity contribution in [1.29, 1.82) is 0 Å². The molecule has 1 aliphatic rings. The average molecular weight is 192 g/mol. The molecule has 0 aromatic heterocycles. The van der Waals surface area contributed by atoms with Crippen LogP contribution in [0.1, 0.15) is 32.6 Å². The second-order valence-electron chi connectivity index (χ2n) is 3.35. The average Bonchev–Trinajstić information content (AvgIpc) is 2.39. The number of hydrogen-bond donors (Lipinski definition) is 0. The molecule has 0 spiro atoms. The van der Waals surface area contributed by atoms with Crippen LogP contribution in [0.2, 0.25) is 0 Å². The summed E-state index contributed by atoms with van der Waals surface area (Å²) in [7, 11) is 0. The number of likely N-dealkylation sites (tertiary alicyclic amines) is 1. The van der Waals surface area contributed by atoms with E-state index >= 15 is 0 Å². The van der Waals surface area contributed by atoms with Gasteiger partial charge in [-0.2, -0.15) is 0 Å². The van der Waals surface area contributed by atoms with Crippen molar-refractivity contribution in [1.82, 2.24) is 4.90 Å². The Morgan fingerprint density at radius 3 is 2.42 bits per heavy atom. The molecule has 1 fully saturated rings. The van der Waals surface area contributed by atoms with E-state index in [4.69, 9.17) is 0 Å². The number of carbonyl (C=O) groups is 1. The molecular formula is C9H18ClNO. The largest absolute Gasteiger partial charge is 0.303 e. The predicted molar refractivity (Wildman–Crippen MR) is 52.8 cm³/mol. The van der Waals surface area contributed by atoms with E-state index in [0.29, 0.717) is 5.78 Å². The predicted octanol–water partition coefficient (Wildman–Crippen LogP) is 1.87. The Hall–Kier alpha value is -0.0800. The zero-order chi connectivity index (χ0) is 8.10. The summed E-state index contributed by atoms with van der Waals surface area (Å²) in [5.41, 5.74) is 0. The smallest absolute Gasteiger partial charge is 0.129 e. The van der Waals surface area contributed by atoms with Gasteiger partial charge in [0.05, 0.1) is 0 Å². The fourth-order valence-electron chi connectivity index (χ4n) is 1.56. The van der Waals surface area contributed by atoms with Gasteiger partial charge in [0, 0.05) is 6.42 Å². The van der Waals surface area contributed by atoms with Gasteiger partial charge in [0.1, 0.15) is 5.78 Å². The van der Waals surface area contributed by atoms with Crippen LogP contribution in [0.25, 0.3) is 0 Å². The highest BCUT2D eigenvalue weighted by atomic mass is 35.5. The van der Waals surface area contributed by atoms with Gasteiger partial charge in [-0.3, -0.25) is 0 Å². The quantitative estimate of drug-likeness (QED) is 0.677. The van der Waals surface area contributed by atoms with Crippen LogP contribution in [0.4, 0.5) is 0 Å². The summed E-state index contributed by atoms with van der Waals surface area (Å²) in [6.45, 7) is 5.29. The van der Waals surface area contributed by atoms with E-state index in [1.54, 1.807) is 6.92 Å². The Morgan fingerprint density at radius 2 is 1.92 bits per heavy atom. The molecule has 0 aromatic rings. The lowest BCUT2D eigenvalue weighted by Gasteiger charge is -2.12. The Morgan fingerprint density at radius 1 is 1.33 bits per heavy atom. The van der Waals surface area contributed by atoms with Crippen molar-refractivity contribution < 1.29 is 4.79 Å². The van der Waals surface area contributed by atoms with Crippen LogP contribution in [0.15, 0.2) is 0 Å². The standard InChI is InChI=1S/C9H17NO.ClH/c1-9(11)5-4-8-10-6-2-3-7-10;/h2-8H2,1H3;1H. The third-order valence-electron chi connectivity index (χ3n) is 2.20. The van der Waals surface area contributed by atoms with Gasteiger partial charge in [-0.05, 0) is 45.8 Å². The molecule has 0 aromatic carbocycles. The monoisotopic (exact) mass is 191 g/mol. The first kappa shape index (κ1) is 11.9. The van der Waals surface area contributed by atoms with Gasteiger partial charge in [0.15, 0.2) is 0 Å². The lowest BCUT2D eigenvalue weighted by molar-refractivity contribution is -0.117. The summed E-state index contributed by atoms with van der Waals surface area (Å²) in [4.78, 5) is 13.0. The Labute approximate surface area is 80.7 Å². The van der Waals surface area contributed by atoms with Crippen LogP contribution in [-0.2, 0) is 4.79 Å². The first-order valence-corrected chi connectivity index (χ1v) is 4.51. The van der Waals surface area contributed by atoms with Crippen LogP contribution in [0.5, 0.6) is 0 Å². The molecule has 1 heterocycles. The number of rotatable bonds is 4. The number of halogens is 1. The molecule has 72 valence electrons. The first-order chi connectivity index (χ1) is 5.29. The molecule has 2 nitrogen and oxygen atoms in total. The lowest BCUT2D eigenvalue weighted by atomic mass is 10.2. The van der Waals surface area contributed by atoms with E-state index in [1.807, 2.05) is 0 Å². The van der Waals surface area contributed by atoms with Crippen molar-refractivity contribution in [3.05, 3.63) is 0 Å². The van der Waals surface area contributed by atoms with Gasteiger partial charge in [0.25, 0.3) is 0 Å². The van der Waals surface area contributed by atoms with E-state index < -0.39 is 0 Å². The SMILES string of the molecule is CC(=O)CCCN1CCCC1.Cl. The topological polar surface area (TPSA) is 20.3 Å². The molecule has 0 aliphatic carbocycles. The summed E-state index contributed by atoms with van der Waals surface area (Å²) < 4.78 is 0. The molecule has 3 heteroatoms. The lowest BCUT2D eigenvalue weighted by Crippen LogP contribution is -2.20. The first-order valence-electron chi connectivity index (χ1n) is 4.51. The maximum absolute atomic E-state index is 10.6. The van der Waals surface area contributed by atoms with Gasteiger partial charge < -0.3 is 9.69 Å². The third kappa shape index (κ3) is 4.73. The summed E-state index contributed by atoms with van der Waals surface area (Å²) in [6, 6.07) is 0. The number of nitrogens with zero attached hydrogens (tertiary/aromatic N) is 1. The molecule has 0 amide bonds. The van der Waals surface area contributed by atoms with Gasteiger partial charge >= 0.3 is 0 Å². The molecule has 0 unspecified atom stereocenters. The van der Waals surface area contributed by atoms with Gasteiger partial charge in [-0.15, -0.1) is 12.4 Å². The number of hydrogen-bond acceptors (Lipinski definition) is 2. The third-order valence-corrected chi connectivity index (χ3v) is 2.20. The summed E-state index contributed by atoms with van der Waals surface area (Å²) in [5, 5.41) is 0. The Kier molecular flexibility index (Phi) is 6.39. The highest BCUT2D eigenvalue weighted by Gasteiger charge is 2.10. The van der Waals surface area contributed by atoms with Crippen LogP contribution in [0.3, 0.4) is 0 Å². The number of Topliss-reactive ketones (excluding diaryl/α,β-unsaturated/α-hetero) is 1. The summed E-state index contributed by atoms with van der Waals surface area (Å²) in [6.07, 6.45) is 4.51. The van der Waals surface area contributed by atoms with Crippen molar-refractivity contribution in [2.45, 2.75) is 32.6 Å². The van der Waals surface area contributed by atoms with E-state index in [9.17, 15) is 4.79 Å². The fourth-order valence-corrected chi connectivity index (χ4v) is 1.56. The highest BCUT2D eigenvalue weighted by Crippen LogP contribution is 2.08. The summed E-state index contributed by atoms with van der Waals surface area (Å²) >= 11 is 0. The van der Waals surface area contributed by atoms with Gasteiger partial charge in [-0.25, -0.2) is 0 Å². The minimum Gasteiger partial charge on any atom is -0.303 e. The molecule has 0 radical (unpaired) electrons. The van der Waals surface area contributed by atoms with Crippen LogP contribution < -0.4 is 0 Å². The fraction of sp³-hybridized carbons (Fsp3) is 0.889. The van der Waals surface area contributed by atoms with E-state index in [2.05, 4.69) is 4.90 Å². The number of ketones is 1. The highest BCUT2D eigenvalue weighted by molar-refractivity contribution is 5.85. The van der Waals surface area contributed by atoms with Gasteiger partial charge in [-0.1, -0.05) is 0 Å². The zero-order valence-corrected chi connectivity index (χ0v) is 8.53.